The normalized spacial score (nSPS) is 16.3. The monoisotopic (exact) mass is 499 g/mol. The predicted molar refractivity (Wildman–Crippen MR) is 140 cm³/mol. The van der Waals surface area contributed by atoms with Gasteiger partial charge < -0.3 is 19.5 Å². The lowest BCUT2D eigenvalue weighted by atomic mass is 9.93. The number of benzene rings is 3. The average Bonchev–Trinajstić information content (AvgIpc) is 3.35. The highest BCUT2D eigenvalue weighted by molar-refractivity contribution is 5.90. The van der Waals surface area contributed by atoms with Crippen LogP contribution in [-0.2, 0) is 11.2 Å². The minimum atomic E-state index is -0.194. The van der Waals surface area contributed by atoms with E-state index in [1.165, 1.54) is 0 Å². The van der Waals surface area contributed by atoms with Gasteiger partial charge in [-0.2, -0.15) is 4.98 Å². The fraction of sp³-hybridized carbons (Fsp3) is 0.250. The van der Waals surface area contributed by atoms with Crippen LogP contribution < -0.4 is 24.8 Å². The van der Waals surface area contributed by atoms with Crippen molar-refractivity contribution < 1.29 is 19.0 Å². The number of methoxy groups -OCH3 is 3. The molecule has 9 heteroatoms. The Morgan fingerprint density at radius 1 is 0.865 bits per heavy atom. The molecule has 1 aromatic heterocycles. The molecule has 1 amide bonds. The first-order valence-corrected chi connectivity index (χ1v) is 12.0. The second-order valence-corrected chi connectivity index (χ2v) is 8.77. The molecule has 3 aromatic carbocycles. The van der Waals surface area contributed by atoms with E-state index < -0.39 is 0 Å². The second kappa shape index (κ2) is 10.6. The molecule has 1 aliphatic rings. The number of hydrogen-bond acceptors (Lipinski definition) is 7. The van der Waals surface area contributed by atoms with E-state index in [2.05, 4.69) is 20.7 Å². The second-order valence-electron chi connectivity index (χ2n) is 8.77. The molecular formula is C28H29N5O4. The number of aromatic nitrogens is 3. The summed E-state index contributed by atoms with van der Waals surface area (Å²) in [6.45, 7) is 0. The molecule has 4 aromatic rings. The van der Waals surface area contributed by atoms with Gasteiger partial charge in [0.1, 0.15) is 17.2 Å². The van der Waals surface area contributed by atoms with E-state index in [-0.39, 0.29) is 30.4 Å². The molecule has 2 atom stereocenters. The number of carbonyl (C=O) groups is 1. The third kappa shape index (κ3) is 5.35. The highest BCUT2D eigenvalue weighted by Crippen LogP contribution is 2.39. The molecule has 0 unspecified atom stereocenters. The van der Waals surface area contributed by atoms with Gasteiger partial charge in [-0.3, -0.25) is 10.1 Å². The highest BCUT2D eigenvalue weighted by atomic mass is 16.5. The molecule has 0 radical (unpaired) electrons. The Hall–Kier alpha value is -4.53. The number of amides is 1. The summed E-state index contributed by atoms with van der Waals surface area (Å²) < 4.78 is 17.7. The Morgan fingerprint density at radius 2 is 1.41 bits per heavy atom. The standard InChI is InChI=1S/C28H29N5O4/c1-35-21-10-4-18(5-11-21)16-26(34)30-27-31-28-29-24(19-6-12-22(36-2)13-7-19)17-25(33(28)32-27)20-8-14-23(37-3)15-9-20/h4-15,24-25H,16-17H2,1-3H3,(H2,29,30,31,32,34)/t24-,25-/m0/s1. The van der Waals surface area contributed by atoms with E-state index in [9.17, 15) is 4.79 Å². The minimum absolute atomic E-state index is 0.00226. The minimum Gasteiger partial charge on any atom is -0.497 e. The number of ether oxygens (including phenoxy) is 3. The molecule has 0 saturated heterocycles. The largest absolute Gasteiger partial charge is 0.497 e. The summed E-state index contributed by atoms with van der Waals surface area (Å²) in [6, 6.07) is 23.2. The third-order valence-corrected chi connectivity index (χ3v) is 6.48. The number of nitrogens with one attached hydrogen (secondary N) is 2. The van der Waals surface area contributed by atoms with Crippen LogP contribution in [0.4, 0.5) is 11.9 Å². The molecule has 1 aliphatic heterocycles. The van der Waals surface area contributed by atoms with Gasteiger partial charge in [0.05, 0.1) is 39.8 Å². The third-order valence-electron chi connectivity index (χ3n) is 6.48. The number of carbonyl (C=O) groups excluding carboxylic acids is 1. The molecule has 2 N–H and O–H groups in total. The lowest BCUT2D eigenvalue weighted by Crippen LogP contribution is -2.28. The molecule has 190 valence electrons. The molecule has 9 nitrogen and oxygen atoms in total. The van der Waals surface area contributed by atoms with E-state index in [0.29, 0.717) is 5.95 Å². The summed E-state index contributed by atoms with van der Waals surface area (Å²) in [5.41, 5.74) is 3.05. The lowest BCUT2D eigenvalue weighted by Gasteiger charge is -2.31. The zero-order valence-corrected chi connectivity index (χ0v) is 21.0. The summed E-state index contributed by atoms with van der Waals surface area (Å²) in [4.78, 5) is 17.4. The SMILES string of the molecule is COc1ccc(CC(=O)Nc2nc3n(n2)[C@H](c2ccc(OC)cc2)C[C@@H](c2ccc(OC)cc2)N3)cc1. The fourth-order valence-corrected chi connectivity index (χ4v) is 4.49. The van der Waals surface area contributed by atoms with Crippen LogP contribution in [0.25, 0.3) is 0 Å². The van der Waals surface area contributed by atoms with Crippen LogP contribution in [0, 0.1) is 0 Å². The van der Waals surface area contributed by atoms with Crippen molar-refractivity contribution in [3.05, 3.63) is 89.5 Å². The topological polar surface area (TPSA) is 99.5 Å². The van der Waals surface area contributed by atoms with Crippen LogP contribution in [0.1, 0.15) is 35.2 Å². The Kier molecular flexibility index (Phi) is 6.93. The first kappa shape index (κ1) is 24.2. The number of fused-ring (bicyclic) bond motifs is 1. The molecule has 0 saturated carbocycles. The van der Waals surface area contributed by atoms with Crippen molar-refractivity contribution >= 4 is 17.8 Å². The quantitative estimate of drug-likeness (QED) is 0.365. The van der Waals surface area contributed by atoms with Crippen LogP contribution in [0.5, 0.6) is 17.2 Å². The molecule has 0 aliphatic carbocycles. The Labute approximate surface area is 215 Å². The van der Waals surface area contributed by atoms with Crippen LogP contribution in [-0.4, -0.2) is 42.0 Å². The molecular weight excluding hydrogens is 470 g/mol. The first-order valence-electron chi connectivity index (χ1n) is 12.0. The van der Waals surface area contributed by atoms with Gasteiger partial charge in [0.25, 0.3) is 5.95 Å². The zero-order chi connectivity index (χ0) is 25.8. The van der Waals surface area contributed by atoms with E-state index in [1.54, 1.807) is 21.3 Å². The predicted octanol–water partition coefficient (Wildman–Crippen LogP) is 4.63. The van der Waals surface area contributed by atoms with Gasteiger partial charge in [0.15, 0.2) is 0 Å². The molecule has 0 fully saturated rings. The van der Waals surface area contributed by atoms with Gasteiger partial charge in [-0.05, 0) is 59.5 Å². The van der Waals surface area contributed by atoms with Gasteiger partial charge >= 0.3 is 0 Å². The van der Waals surface area contributed by atoms with Crippen LogP contribution >= 0.6 is 0 Å². The Morgan fingerprint density at radius 3 is 1.97 bits per heavy atom. The molecule has 37 heavy (non-hydrogen) atoms. The van der Waals surface area contributed by atoms with E-state index in [0.717, 1.165) is 40.4 Å². The van der Waals surface area contributed by atoms with Crippen LogP contribution in [0.3, 0.4) is 0 Å². The summed E-state index contributed by atoms with van der Waals surface area (Å²) >= 11 is 0. The number of rotatable bonds is 8. The van der Waals surface area contributed by atoms with Crippen LogP contribution in [0.2, 0.25) is 0 Å². The first-order chi connectivity index (χ1) is 18.1. The Bertz CT molecular complexity index is 1350. The van der Waals surface area contributed by atoms with Gasteiger partial charge in [0, 0.05) is 0 Å². The van der Waals surface area contributed by atoms with E-state index >= 15 is 0 Å². The number of anilines is 2. The number of hydrogen-bond donors (Lipinski definition) is 2. The van der Waals surface area contributed by atoms with Crippen LogP contribution in [0.15, 0.2) is 72.8 Å². The Balaban J connectivity index is 1.40. The van der Waals surface area contributed by atoms with E-state index in [4.69, 9.17) is 14.2 Å². The number of nitrogens with zero attached hydrogens (tertiary/aromatic N) is 3. The van der Waals surface area contributed by atoms with Crippen molar-refractivity contribution in [3.8, 4) is 17.2 Å². The summed E-state index contributed by atoms with van der Waals surface area (Å²) in [7, 11) is 4.91. The highest BCUT2D eigenvalue weighted by Gasteiger charge is 2.31. The smallest absolute Gasteiger partial charge is 0.250 e. The van der Waals surface area contributed by atoms with E-state index in [1.807, 2.05) is 77.5 Å². The summed E-state index contributed by atoms with van der Waals surface area (Å²) in [5.74, 6) is 2.99. The van der Waals surface area contributed by atoms with Crippen molar-refractivity contribution in [1.29, 1.82) is 0 Å². The maximum Gasteiger partial charge on any atom is 0.250 e. The summed E-state index contributed by atoms with van der Waals surface area (Å²) in [5, 5.41) is 11.0. The summed E-state index contributed by atoms with van der Waals surface area (Å²) in [6.07, 6.45) is 0.950. The van der Waals surface area contributed by atoms with Gasteiger partial charge in [-0.25, -0.2) is 4.68 Å². The molecule has 0 bridgehead atoms. The van der Waals surface area contributed by atoms with Crippen molar-refractivity contribution in [2.45, 2.75) is 24.9 Å². The van der Waals surface area contributed by atoms with Crippen molar-refractivity contribution in [2.24, 2.45) is 0 Å². The zero-order valence-electron chi connectivity index (χ0n) is 21.0. The molecule has 0 spiro atoms. The lowest BCUT2D eigenvalue weighted by molar-refractivity contribution is -0.115. The maximum absolute atomic E-state index is 12.7. The van der Waals surface area contributed by atoms with Crippen molar-refractivity contribution in [1.82, 2.24) is 14.8 Å². The molecule has 2 heterocycles. The van der Waals surface area contributed by atoms with Crippen molar-refractivity contribution in [3.63, 3.8) is 0 Å². The fourth-order valence-electron chi connectivity index (χ4n) is 4.49. The van der Waals surface area contributed by atoms with Gasteiger partial charge in [-0.15, -0.1) is 5.10 Å². The van der Waals surface area contributed by atoms with Gasteiger partial charge in [-0.1, -0.05) is 36.4 Å². The maximum atomic E-state index is 12.7. The molecule has 5 rings (SSSR count). The van der Waals surface area contributed by atoms with Crippen molar-refractivity contribution in [2.75, 3.05) is 32.0 Å². The van der Waals surface area contributed by atoms with Gasteiger partial charge in [0.2, 0.25) is 11.9 Å². The average molecular weight is 500 g/mol.